The van der Waals surface area contributed by atoms with Gasteiger partial charge in [-0.2, -0.15) is 0 Å². The molecule has 0 aliphatic carbocycles. The number of rotatable bonds is 3. The van der Waals surface area contributed by atoms with Gasteiger partial charge in [0.2, 0.25) is 6.29 Å². The van der Waals surface area contributed by atoms with Crippen LogP contribution in [0.1, 0.15) is 26.2 Å². The molecular formula is C7H12O2. The molecule has 1 rings (SSSR count). The first kappa shape index (κ1) is 6.46. The van der Waals surface area contributed by atoms with E-state index in [9.17, 15) is 0 Å². The van der Waals surface area contributed by atoms with Crippen LogP contribution in [0.5, 0.6) is 0 Å². The molecule has 0 aromatic heterocycles. The summed E-state index contributed by atoms with van der Waals surface area (Å²) in [7, 11) is 0. The van der Waals surface area contributed by atoms with Crippen LogP contribution in [0.4, 0.5) is 0 Å². The lowest BCUT2D eigenvalue weighted by Gasteiger charge is -2.07. The van der Waals surface area contributed by atoms with Crippen LogP contribution < -0.4 is 0 Å². The van der Waals surface area contributed by atoms with Crippen LogP contribution in [0.3, 0.4) is 0 Å². The van der Waals surface area contributed by atoms with E-state index in [1.165, 1.54) is 12.8 Å². The third kappa shape index (κ3) is 1.96. The van der Waals surface area contributed by atoms with E-state index in [0.29, 0.717) is 0 Å². The van der Waals surface area contributed by atoms with E-state index in [-0.39, 0.29) is 6.29 Å². The molecule has 2 heteroatoms. The van der Waals surface area contributed by atoms with Gasteiger partial charge in [0.15, 0.2) is 0 Å². The predicted molar refractivity (Wildman–Crippen MR) is 34.6 cm³/mol. The Hall–Kier alpha value is -0.660. The topological polar surface area (TPSA) is 18.5 Å². The molecule has 0 saturated carbocycles. The third-order valence-electron chi connectivity index (χ3n) is 1.31. The van der Waals surface area contributed by atoms with Crippen molar-refractivity contribution in [1.29, 1.82) is 0 Å². The second-order valence-corrected chi connectivity index (χ2v) is 2.12. The lowest BCUT2D eigenvalue weighted by molar-refractivity contribution is -0.0292. The van der Waals surface area contributed by atoms with Gasteiger partial charge in [0.25, 0.3) is 0 Å². The lowest BCUT2D eigenvalue weighted by Crippen LogP contribution is -2.05. The molecule has 0 amide bonds. The van der Waals surface area contributed by atoms with Crippen LogP contribution in [0.15, 0.2) is 12.5 Å². The summed E-state index contributed by atoms with van der Waals surface area (Å²) in [6, 6.07) is 0. The van der Waals surface area contributed by atoms with Gasteiger partial charge < -0.3 is 9.47 Å². The highest BCUT2D eigenvalue weighted by Crippen LogP contribution is 2.11. The minimum absolute atomic E-state index is 0.00458. The SMILES string of the molecule is CCCCC1OC=CO1. The van der Waals surface area contributed by atoms with Crippen molar-refractivity contribution in [3.63, 3.8) is 0 Å². The van der Waals surface area contributed by atoms with Crippen molar-refractivity contribution in [2.75, 3.05) is 0 Å². The zero-order valence-electron chi connectivity index (χ0n) is 5.67. The number of hydrogen-bond acceptors (Lipinski definition) is 2. The number of ether oxygens (including phenoxy) is 2. The summed E-state index contributed by atoms with van der Waals surface area (Å²) in [5.74, 6) is 0. The monoisotopic (exact) mass is 128 g/mol. The molecule has 0 atom stereocenters. The molecule has 0 bridgehead atoms. The van der Waals surface area contributed by atoms with Crippen LogP contribution >= 0.6 is 0 Å². The molecule has 0 spiro atoms. The Morgan fingerprint density at radius 2 is 2.00 bits per heavy atom. The summed E-state index contributed by atoms with van der Waals surface area (Å²) in [5, 5.41) is 0. The van der Waals surface area contributed by atoms with Crippen molar-refractivity contribution in [3.8, 4) is 0 Å². The average Bonchev–Trinajstić information content (AvgIpc) is 2.34. The lowest BCUT2D eigenvalue weighted by atomic mass is 10.2. The molecule has 0 unspecified atom stereocenters. The Morgan fingerprint density at radius 3 is 2.56 bits per heavy atom. The van der Waals surface area contributed by atoms with E-state index >= 15 is 0 Å². The van der Waals surface area contributed by atoms with E-state index in [2.05, 4.69) is 6.92 Å². The van der Waals surface area contributed by atoms with Crippen molar-refractivity contribution < 1.29 is 9.47 Å². The minimum Gasteiger partial charge on any atom is -0.459 e. The fourth-order valence-corrected chi connectivity index (χ4v) is 0.778. The standard InChI is InChI=1S/C7H12O2/c1-2-3-4-7-8-5-6-9-7/h5-7H,2-4H2,1H3. The molecule has 0 radical (unpaired) electrons. The second kappa shape index (κ2) is 3.38. The molecule has 0 N–H and O–H groups in total. The minimum atomic E-state index is 0.00458. The normalized spacial score (nSPS) is 17.4. The van der Waals surface area contributed by atoms with E-state index in [0.717, 1.165) is 6.42 Å². The molecular weight excluding hydrogens is 116 g/mol. The molecule has 0 saturated heterocycles. The predicted octanol–water partition coefficient (Wildman–Crippen LogP) is 2.02. The van der Waals surface area contributed by atoms with Gasteiger partial charge in [-0.3, -0.25) is 0 Å². The highest BCUT2D eigenvalue weighted by atomic mass is 16.7. The summed E-state index contributed by atoms with van der Waals surface area (Å²) < 4.78 is 10.1. The van der Waals surface area contributed by atoms with Crippen molar-refractivity contribution >= 4 is 0 Å². The van der Waals surface area contributed by atoms with Crippen LogP contribution in [0.25, 0.3) is 0 Å². The summed E-state index contributed by atoms with van der Waals surface area (Å²) in [4.78, 5) is 0. The second-order valence-electron chi connectivity index (χ2n) is 2.12. The quantitative estimate of drug-likeness (QED) is 0.579. The van der Waals surface area contributed by atoms with Crippen LogP contribution in [-0.2, 0) is 9.47 Å². The molecule has 1 heterocycles. The number of hydrogen-bond donors (Lipinski definition) is 0. The Morgan fingerprint density at radius 1 is 1.33 bits per heavy atom. The van der Waals surface area contributed by atoms with Crippen molar-refractivity contribution in [2.24, 2.45) is 0 Å². The van der Waals surface area contributed by atoms with Gasteiger partial charge in [-0.15, -0.1) is 0 Å². The zero-order chi connectivity index (χ0) is 6.53. The van der Waals surface area contributed by atoms with Gasteiger partial charge in [0, 0.05) is 6.42 Å². The smallest absolute Gasteiger partial charge is 0.239 e. The number of unbranched alkanes of at least 4 members (excludes halogenated alkanes) is 1. The Bertz CT molecular complexity index is 91.1. The molecule has 0 fully saturated rings. The zero-order valence-corrected chi connectivity index (χ0v) is 5.67. The van der Waals surface area contributed by atoms with Crippen LogP contribution in [0.2, 0.25) is 0 Å². The Kier molecular flexibility index (Phi) is 2.43. The first-order valence-corrected chi connectivity index (χ1v) is 3.39. The Balaban J connectivity index is 2.01. The van der Waals surface area contributed by atoms with E-state index in [4.69, 9.17) is 9.47 Å². The molecule has 1 aliphatic heterocycles. The highest BCUT2D eigenvalue weighted by molar-refractivity contribution is 4.70. The van der Waals surface area contributed by atoms with Gasteiger partial charge >= 0.3 is 0 Å². The summed E-state index contributed by atoms with van der Waals surface area (Å²) in [6.07, 6.45) is 6.57. The molecule has 9 heavy (non-hydrogen) atoms. The average molecular weight is 128 g/mol. The largest absolute Gasteiger partial charge is 0.459 e. The molecule has 2 nitrogen and oxygen atoms in total. The summed E-state index contributed by atoms with van der Waals surface area (Å²) in [5.41, 5.74) is 0. The van der Waals surface area contributed by atoms with Gasteiger partial charge in [-0.05, 0) is 6.42 Å². The van der Waals surface area contributed by atoms with Crippen LogP contribution in [-0.4, -0.2) is 6.29 Å². The van der Waals surface area contributed by atoms with Crippen LogP contribution in [0, 0.1) is 0 Å². The molecule has 0 aromatic carbocycles. The maximum atomic E-state index is 5.05. The molecule has 52 valence electrons. The molecule has 0 aromatic rings. The maximum Gasteiger partial charge on any atom is 0.239 e. The first-order chi connectivity index (χ1) is 4.43. The van der Waals surface area contributed by atoms with E-state index < -0.39 is 0 Å². The van der Waals surface area contributed by atoms with Crippen molar-refractivity contribution in [1.82, 2.24) is 0 Å². The Labute approximate surface area is 55.5 Å². The third-order valence-corrected chi connectivity index (χ3v) is 1.31. The fraction of sp³-hybridized carbons (Fsp3) is 0.714. The van der Waals surface area contributed by atoms with E-state index in [1.807, 2.05) is 0 Å². The van der Waals surface area contributed by atoms with Gasteiger partial charge in [-0.25, -0.2) is 0 Å². The first-order valence-electron chi connectivity index (χ1n) is 3.39. The van der Waals surface area contributed by atoms with Crippen molar-refractivity contribution in [3.05, 3.63) is 12.5 Å². The van der Waals surface area contributed by atoms with Gasteiger partial charge in [0.05, 0.1) is 0 Å². The van der Waals surface area contributed by atoms with Gasteiger partial charge in [0.1, 0.15) is 12.5 Å². The van der Waals surface area contributed by atoms with E-state index in [1.54, 1.807) is 12.5 Å². The maximum absolute atomic E-state index is 5.05. The fourth-order valence-electron chi connectivity index (χ4n) is 0.778. The van der Waals surface area contributed by atoms with Gasteiger partial charge in [-0.1, -0.05) is 13.3 Å². The highest BCUT2D eigenvalue weighted by Gasteiger charge is 2.09. The molecule has 1 aliphatic rings. The van der Waals surface area contributed by atoms with Crippen molar-refractivity contribution in [2.45, 2.75) is 32.5 Å². The summed E-state index contributed by atoms with van der Waals surface area (Å²) >= 11 is 0. The summed E-state index contributed by atoms with van der Waals surface area (Å²) in [6.45, 7) is 2.16.